The van der Waals surface area contributed by atoms with Crippen LogP contribution in [-0.4, -0.2) is 41.5 Å². The molecule has 0 saturated heterocycles. The van der Waals surface area contributed by atoms with Crippen LogP contribution < -0.4 is 10.6 Å². The molecule has 0 aliphatic rings. The molecule has 0 heterocycles. The molecule has 3 aromatic carbocycles. The van der Waals surface area contributed by atoms with E-state index in [0.29, 0.717) is 12.2 Å². The molecule has 3 amide bonds. The summed E-state index contributed by atoms with van der Waals surface area (Å²) in [6.07, 6.45) is 4.33. The van der Waals surface area contributed by atoms with Crippen molar-refractivity contribution < 1.29 is 19.1 Å². The lowest BCUT2D eigenvalue weighted by Crippen LogP contribution is -2.47. The fourth-order valence-electron chi connectivity index (χ4n) is 4.85. The molecular weight excluding hydrogens is 514 g/mol. The van der Waals surface area contributed by atoms with Gasteiger partial charge in [-0.15, -0.1) is 0 Å². The van der Waals surface area contributed by atoms with E-state index in [2.05, 4.69) is 17.6 Å². The first-order valence-corrected chi connectivity index (χ1v) is 14.6. The van der Waals surface area contributed by atoms with Gasteiger partial charge in [-0.05, 0) is 80.6 Å². The molecule has 0 aromatic heterocycles. The predicted molar refractivity (Wildman–Crippen MR) is 166 cm³/mol. The van der Waals surface area contributed by atoms with Gasteiger partial charge in [0.15, 0.2) is 0 Å². The zero-order valence-electron chi connectivity index (χ0n) is 25.4. The van der Waals surface area contributed by atoms with Crippen LogP contribution in [0, 0.1) is 13.8 Å². The van der Waals surface area contributed by atoms with Crippen molar-refractivity contribution in [1.82, 2.24) is 10.2 Å². The van der Waals surface area contributed by atoms with E-state index >= 15 is 0 Å². The Balaban J connectivity index is 1.94. The molecule has 3 aromatic rings. The maximum atomic E-state index is 14.1. The van der Waals surface area contributed by atoms with Gasteiger partial charge < -0.3 is 20.3 Å². The number of anilines is 1. The lowest BCUT2D eigenvalue weighted by Gasteiger charge is -2.33. The van der Waals surface area contributed by atoms with E-state index in [4.69, 9.17) is 4.74 Å². The van der Waals surface area contributed by atoms with Gasteiger partial charge in [0.05, 0.1) is 0 Å². The smallest absolute Gasteiger partial charge is 0.408 e. The minimum atomic E-state index is -0.875. The number of carbonyl (C=O) groups is 3. The number of fused-ring (bicyclic) bond motifs is 1. The highest BCUT2D eigenvalue weighted by molar-refractivity contribution is 6.00. The highest BCUT2D eigenvalue weighted by Gasteiger charge is 2.33. The van der Waals surface area contributed by atoms with E-state index in [9.17, 15) is 14.4 Å². The van der Waals surface area contributed by atoms with Gasteiger partial charge >= 0.3 is 6.09 Å². The molecule has 0 radical (unpaired) electrons. The molecule has 0 aliphatic heterocycles. The number of benzene rings is 3. The number of ether oxygens (including phenoxy) is 1. The van der Waals surface area contributed by atoms with Crippen LogP contribution >= 0.6 is 0 Å². The third kappa shape index (κ3) is 9.34. The Hall–Kier alpha value is -3.87. The van der Waals surface area contributed by atoms with Crippen molar-refractivity contribution >= 4 is 34.4 Å². The summed E-state index contributed by atoms with van der Waals surface area (Å²) in [6, 6.07) is 18.7. The fourth-order valence-corrected chi connectivity index (χ4v) is 4.85. The molecule has 7 nitrogen and oxygen atoms in total. The number of aryl methyl sites for hydroxylation is 1. The van der Waals surface area contributed by atoms with Crippen LogP contribution in [-0.2, 0) is 14.3 Å². The Kier molecular flexibility index (Phi) is 11.3. The van der Waals surface area contributed by atoms with E-state index < -0.39 is 17.7 Å². The number of rotatable bonds is 12. The molecule has 41 heavy (non-hydrogen) atoms. The van der Waals surface area contributed by atoms with E-state index in [1.165, 1.54) is 0 Å². The SMILES string of the molecule is CCCCCCCN(C(=O)CNC(=O)OC(C)(C)C)C(C(=O)Nc1ccc2ccccc2c1)c1cccc(C)c1C. The second-order valence-corrected chi connectivity index (χ2v) is 11.6. The van der Waals surface area contributed by atoms with Crippen molar-refractivity contribution in [2.24, 2.45) is 0 Å². The summed E-state index contributed by atoms with van der Waals surface area (Å²) in [5.74, 6) is -0.640. The summed E-state index contributed by atoms with van der Waals surface area (Å²) < 4.78 is 5.33. The summed E-state index contributed by atoms with van der Waals surface area (Å²) in [5, 5.41) is 7.75. The largest absolute Gasteiger partial charge is 0.444 e. The molecule has 7 heteroatoms. The van der Waals surface area contributed by atoms with Crippen LogP contribution in [0.25, 0.3) is 10.8 Å². The maximum absolute atomic E-state index is 14.1. The second-order valence-electron chi connectivity index (χ2n) is 11.6. The van der Waals surface area contributed by atoms with Gasteiger partial charge in [0, 0.05) is 12.2 Å². The first kappa shape index (κ1) is 31.7. The van der Waals surface area contributed by atoms with Crippen LogP contribution in [0.15, 0.2) is 60.7 Å². The van der Waals surface area contributed by atoms with Crippen molar-refractivity contribution in [3.8, 4) is 0 Å². The van der Waals surface area contributed by atoms with Crippen LogP contribution in [0.1, 0.15) is 82.5 Å². The predicted octanol–water partition coefficient (Wildman–Crippen LogP) is 7.46. The monoisotopic (exact) mass is 559 g/mol. The molecule has 0 spiro atoms. The van der Waals surface area contributed by atoms with Crippen molar-refractivity contribution in [1.29, 1.82) is 0 Å². The number of nitrogens with zero attached hydrogens (tertiary/aromatic N) is 1. The van der Waals surface area contributed by atoms with Gasteiger partial charge in [-0.25, -0.2) is 4.79 Å². The molecule has 1 atom stereocenters. The third-order valence-corrected chi connectivity index (χ3v) is 7.12. The molecule has 0 aliphatic carbocycles. The number of unbranched alkanes of at least 4 members (excludes halogenated alkanes) is 4. The highest BCUT2D eigenvalue weighted by atomic mass is 16.6. The Morgan fingerprint density at radius 3 is 2.29 bits per heavy atom. The number of carbonyl (C=O) groups excluding carboxylic acids is 3. The molecule has 220 valence electrons. The van der Waals surface area contributed by atoms with Crippen molar-refractivity contribution in [3.05, 3.63) is 77.4 Å². The zero-order chi connectivity index (χ0) is 30.0. The Labute approximate surface area is 244 Å². The van der Waals surface area contributed by atoms with Gasteiger partial charge in [0.25, 0.3) is 5.91 Å². The average molecular weight is 560 g/mol. The van der Waals surface area contributed by atoms with Gasteiger partial charge in [0.2, 0.25) is 5.91 Å². The Bertz CT molecular complexity index is 1350. The Morgan fingerprint density at radius 2 is 1.59 bits per heavy atom. The summed E-state index contributed by atoms with van der Waals surface area (Å²) in [6.45, 7) is 11.6. The maximum Gasteiger partial charge on any atom is 0.408 e. The first-order valence-electron chi connectivity index (χ1n) is 14.6. The molecule has 0 fully saturated rings. The minimum Gasteiger partial charge on any atom is -0.444 e. The lowest BCUT2D eigenvalue weighted by molar-refractivity contribution is -0.138. The fraction of sp³-hybridized carbons (Fsp3) is 0.441. The summed E-state index contributed by atoms with van der Waals surface area (Å²) in [7, 11) is 0. The van der Waals surface area contributed by atoms with Gasteiger partial charge in [-0.1, -0.05) is 81.1 Å². The summed E-state index contributed by atoms with van der Waals surface area (Å²) in [5.41, 5.74) is 2.73. The number of amides is 3. The van der Waals surface area contributed by atoms with E-state index in [0.717, 1.165) is 59.6 Å². The molecule has 3 rings (SSSR count). The minimum absolute atomic E-state index is 0.269. The van der Waals surface area contributed by atoms with E-state index in [1.807, 2.05) is 74.5 Å². The second kappa shape index (κ2) is 14.7. The lowest BCUT2D eigenvalue weighted by atomic mass is 9.95. The van der Waals surface area contributed by atoms with Crippen LogP contribution in [0.5, 0.6) is 0 Å². The highest BCUT2D eigenvalue weighted by Crippen LogP contribution is 2.29. The van der Waals surface area contributed by atoms with Crippen LogP contribution in [0.2, 0.25) is 0 Å². The standard InChI is InChI=1S/C34H45N3O4/c1-7-8-9-10-13-21-37(30(38)23-35-33(40)41-34(4,5)6)31(29-18-14-15-24(2)25(29)3)32(39)36-28-20-19-26-16-11-12-17-27(26)22-28/h11-12,14-20,22,31H,7-10,13,21,23H2,1-6H3,(H,35,40)(H,36,39). The van der Waals surface area contributed by atoms with Crippen molar-refractivity contribution in [3.63, 3.8) is 0 Å². The number of hydrogen-bond donors (Lipinski definition) is 2. The van der Waals surface area contributed by atoms with Crippen molar-refractivity contribution in [2.45, 2.75) is 85.3 Å². The number of alkyl carbamates (subject to hydrolysis) is 1. The van der Waals surface area contributed by atoms with Gasteiger partial charge in [-0.2, -0.15) is 0 Å². The van der Waals surface area contributed by atoms with Gasteiger partial charge in [0.1, 0.15) is 18.2 Å². The molecule has 2 N–H and O–H groups in total. The third-order valence-electron chi connectivity index (χ3n) is 7.12. The number of nitrogens with one attached hydrogen (secondary N) is 2. The average Bonchev–Trinajstić information content (AvgIpc) is 2.92. The van der Waals surface area contributed by atoms with Crippen molar-refractivity contribution in [2.75, 3.05) is 18.4 Å². The number of hydrogen-bond acceptors (Lipinski definition) is 4. The summed E-state index contributed by atoms with van der Waals surface area (Å²) >= 11 is 0. The summed E-state index contributed by atoms with van der Waals surface area (Å²) in [4.78, 5) is 41.8. The molecular formula is C34H45N3O4. The quantitative estimate of drug-likeness (QED) is 0.226. The van der Waals surface area contributed by atoms with Crippen LogP contribution in [0.4, 0.5) is 10.5 Å². The molecule has 0 bridgehead atoms. The molecule has 1 unspecified atom stereocenters. The van der Waals surface area contributed by atoms with E-state index in [-0.39, 0.29) is 18.4 Å². The van der Waals surface area contributed by atoms with Crippen LogP contribution in [0.3, 0.4) is 0 Å². The first-order chi connectivity index (χ1) is 19.5. The van der Waals surface area contributed by atoms with Gasteiger partial charge in [-0.3, -0.25) is 9.59 Å². The topological polar surface area (TPSA) is 87.7 Å². The zero-order valence-corrected chi connectivity index (χ0v) is 25.4. The molecule has 0 saturated carbocycles. The Morgan fingerprint density at radius 1 is 0.878 bits per heavy atom. The normalized spacial score (nSPS) is 12.0. The van der Waals surface area contributed by atoms with E-state index in [1.54, 1.807) is 25.7 Å².